The Balaban J connectivity index is 2.06. The highest BCUT2D eigenvalue weighted by molar-refractivity contribution is 5.91. The van der Waals surface area contributed by atoms with E-state index in [4.69, 9.17) is 4.74 Å². The average Bonchev–Trinajstić information content (AvgIpc) is 2.75. The Labute approximate surface area is 102 Å². The number of allylic oxidation sites excluding steroid dienone is 1. The summed E-state index contributed by atoms with van der Waals surface area (Å²) in [5.74, 6) is 0.640. The number of hydrogen-bond acceptors (Lipinski definition) is 2. The third-order valence-corrected chi connectivity index (χ3v) is 4.61. The molecule has 0 aromatic heterocycles. The lowest BCUT2D eigenvalue weighted by molar-refractivity contribution is -0.141. The minimum absolute atomic E-state index is 0.0400. The van der Waals surface area contributed by atoms with Crippen molar-refractivity contribution in [3.05, 3.63) is 35.5 Å². The first-order chi connectivity index (χ1) is 8.09. The molecule has 17 heavy (non-hydrogen) atoms. The van der Waals surface area contributed by atoms with E-state index in [9.17, 15) is 4.79 Å². The molecular weight excluding hydrogens is 212 g/mol. The van der Waals surface area contributed by atoms with Crippen LogP contribution >= 0.6 is 0 Å². The molecule has 3 aliphatic rings. The van der Waals surface area contributed by atoms with Crippen LogP contribution in [0.4, 0.5) is 0 Å². The van der Waals surface area contributed by atoms with Gasteiger partial charge in [-0.15, -0.1) is 0 Å². The van der Waals surface area contributed by atoms with E-state index in [2.05, 4.69) is 13.2 Å². The van der Waals surface area contributed by atoms with Crippen molar-refractivity contribution in [2.75, 3.05) is 0 Å². The first-order valence-corrected chi connectivity index (χ1v) is 6.35. The van der Waals surface area contributed by atoms with Gasteiger partial charge in [0.15, 0.2) is 0 Å². The Morgan fingerprint density at radius 3 is 2.71 bits per heavy atom. The summed E-state index contributed by atoms with van der Waals surface area (Å²) in [6, 6.07) is 0. The van der Waals surface area contributed by atoms with Gasteiger partial charge in [-0.3, -0.25) is 0 Å². The van der Waals surface area contributed by atoms with E-state index in [1.54, 1.807) is 0 Å². The molecule has 90 valence electrons. The van der Waals surface area contributed by atoms with Gasteiger partial charge in [0.2, 0.25) is 0 Å². The van der Waals surface area contributed by atoms with Crippen LogP contribution in [0.5, 0.6) is 0 Å². The van der Waals surface area contributed by atoms with Gasteiger partial charge in [-0.1, -0.05) is 24.3 Å². The molecule has 1 heterocycles. The molecule has 0 spiro atoms. The fraction of sp³-hybridized carbons (Fsp3) is 0.533. The first kappa shape index (κ1) is 10.8. The zero-order valence-corrected chi connectivity index (χ0v) is 10.3. The Kier molecular flexibility index (Phi) is 2.29. The van der Waals surface area contributed by atoms with E-state index in [0.29, 0.717) is 11.8 Å². The molecule has 3 atom stereocenters. The van der Waals surface area contributed by atoms with Gasteiger partial charge in [0.05, 0.1) is 0 Å². The van der Waals surface area contributed by atoms with E-state index in [1.807, 2.05) is 6.92 Å². The third-order valence-electron chi connectivity index (χ3n) is 4.61. The molecule has 3 rings (SSSR count). The molecule has 0 aromatic carbocycles. The van der Waals surface area contributed by atoms with Crippen molar-refractivity contribution in [2.24, 2.45) is 11.8 Å². The standard InChI is InChI=1S/C15H18O2/c1-8-4-7-12-10(3)15(16)17-14(12)13-9(2)5-6-11(8)13/h11,13-14H,1-2,4-7H2,3H3/t11-,13-,14-/m0/s1. The van der Waals surface area contributed by atoms with Crippen molar-refractivity contribution in [1.82, 2.24) is 0 Å². The minimum Gasteiger partial charge on any atom is -0.454 e. The zero-order valence-electron chi connectivity index (χ0n) is 10.3. The maximum absolute atomic E-state index is 11.7. The zero-order chi connectivity index (χ0) is 12.2. The number of ether oxygens (including phenoxy) is 1. The Hall–Kier alpha value is -1.31. The van der Waals surface area contributed by atoms with Crippen molar-refractivity contribution < 1.29 is 9.53 Å². The van der Waals surface area contributed by atoms with Crippen molar-refractivity contribution in [2.45, 2.75) is 38.7 Å². The highest BCUT2D eigenvalue weighted by Gasteiger charge is 2.46. The van der Waals surface area contributed by atoms with Crippen molar-refractivity contribution in [3.8, 4) is 0 Å². The highest BCUT2D eigenvalue weighted by Crippen LogP contribution is 2.50. The van der Waals surface area contributed by atoms with Crippen LogP contribution in [0.2, 0.25) is 0 Å². The van der Waals surface area contributed by atoms with Crippen LogP contribution < -0.4 is 0 Å². The Bertz CT molecular complexity index is 456. The molecular formula is C15H18O2. The molecule has 1 aliphatic heterocycles. The van der Waals surface area contributed by atoms with Crippen LogP contribution in [0, 0.1) is 11.8 Å². The third kappa shape index (κ3) is 1.43. The first-order valence-electron chi connectivity index (χ1n) is 6.35. The monoisotopic (exact) mass is 230 g/mol. The maximum Gasteiger partial charge on any atom is 0.334 e. The smallest absolute Gasteiger partial charge is 0.334 e. The molecule has 2 nitrogen and oxygen atoms in total. The van der Waals surface area contributed by atoms with Gasteiger partial charge in [0.25, 0.3) is 0 Å². The normalized spacial score (nSPS) is 36.8. The van der Waals surface area contributed by atoms with E-state index in [1.165, 1.54) is 16.7 Å². The van der Waals surface area contributed by atoms with Gasteiger partial charge in [-0.25, -0.2) is 4.79 Å². The van der Waals surface area contributed by atoms with Crippen LogP contribution in [-0.2, 0) is 9.53 Å². The molecule has 0 saturated heterocycles. The fourth-order valence-electron chi connectivity index (χ4n) is 3.57. The van der Waals surface area contributed by atoms with Crippen molar-refractivity contribution in [1.29, 1.82) is 0 Å². The van der Waals surface area contributed by atoms with Crippen molar-refractivity contribution in [3.63, 3.8) is 0 Å². The van der Waals surface area contributed by atoms with Gasteiger partial charge < -0.3 is 4.74 Å². The summed E-state index contributed by atoms with van der Waals surface area (Å²) in [6.07, 6.45) is 4.06. The number of fused-ring (bicyclic) bond motifs is 3. The minimum atomic E-state index is -0.129. The highest BCUT2D eigenvalue weighted by atomic mass is 16.5. The molecule has 0 bridgehead atoms. The van der Waals surface area contributed by atoms with E-state index < -0.39 is 0 Å². The number of esters is 1. The lowest BCUT2D eigenvalue weighted by Gasteiger charge is -2.25. The fourth-order valence-corrected chi connectivity index (χ4v) is 3.57. The molecule has 0 radical (unpaired) electrons. The summed E-state index contributed by atoms with van der Waals surface area (Å²) in [6.45, 7) is 10.3. The predicted molar refractivity (Wildman–Crippen MR) is 66.3 cm³/mol. The van der Waals surface area contributed by atoms with Crippen molar-refractivity contribution >= 4 is 5.97 Å². The number of rotatable bonds is 0. The molecule has 0 aromatic rings. The molecule has 0 amide bonds. The molecule has 2 aliphatic carbocycles. The largest absolute Gasteiger partial charge is 0.454 e. The van der Waals surface area contributed by atoms with Crippen LogP contribution in [0.25, 0.3) is 0 Å². The van der Waals surface area contributed by atoms with Crippen LogP contribution in [0.3, 0.4) is 0 Å². The molecule has 2 saturated carbocycles. The second-order valence-corrected chi connectivity index (χ2v) is 5.46. The van der Waals surface area contributed by atoms with E-state index in [-0.39, 0.29) is 12.1 Å². The van der Waals surface area contributed by atoms with Gasteiger partial charge in [-0.05, 0) is 44.1 Å². The van der Waals surface area contributed by atoms with Gasteiger partial charge in [0.1, 0.15) is 6.10 Å². The summed E-state index contributed by atoms with van der Waals surface area (Å²) in [4.78, 5) is 11.7. The van der Waals surface area contributed by atoms with Crippen LogP contribution in [-0.4, -0.2) is 12.1 Å². The lowest BCUT2D eigenvalue weighted by atomic mass is 9.84. The second kappa shape index (κ2) is 3.59. The quantitative estimate of drug-likeness (QED) is 0.472. The second-order valence-electron chi connectivity index (χ2n) is 5.46. The Morgan fingerprint density at radius 2 is 1.94 bits per heavy atom. The number of carbonyl (C=O) groups is 1. The summed E-state index contributed by atoms with van der Waals surface area (Å²) < 4.78 is 5.58. The summed E-state index contributed by atoms with van der Waals surface area (Å²) in [5, 5.41) is 0. The maximum atomic E-state index is 11.7. The summed E-state index contributed by atoms with van der Waals surface area (Å²) in [5.41, 5.74) is 4.58. The Morgan fingerprint density at radius 1 is 1.18 bits per heavy atom. The molecule has 0 unspecified atom stereocenters. The molecule has 0 N–H and O–H groups in total. The number of hydrogen-bond donors (Lipinski definition) is 0. The van der Waals surface area contributed by atoms with Crippen LogP contribution in [0.1, 0.15) is 32.6 Å². The molecule has 2 fully saturated rings. The van der Waals surface area contributed by atoms with Gasteiger partial charge >= 0.3 is 5.97 Å². The SMILES string of the molecule is C=C1CC[C@H]2C(=C)CCC3=C(C)C(=O)O[C@@H]3[C@@H]12. The van der Waals surface area contributed by atoms with E-state index in [0.717, 1.165) is 31.3 Å². The van der Waals surface area contributed by atoms with Crippen LogP contribution in [0.15, 0.2) is 35.5 Å². The van der Waals surface area contributed by atoms with Gasteiger partial charge in [-0.2, -0.15) is 0 Å². The summed E-state index contributed by atoms with van der Waals surface area (Å²) >= 11 is 0. The predicted octanol–water partition coefficient (Wildman–Crippen LogP) is 3.16. The molecule has 2 heteroatoms. The van der Waals surface area contributed by atoms with Gasteiger partial charge in [0, 0.05) is 11.5 Å². The number of carbonyl (C=O) groups excluding carboxylic acids is 1. The lowest BCUT2D eigenvalue weighted by Crippen LogP contribution is -2.26. The van der Waals surface area contributed by atoms with E-state index >= 15 is 0 Å². The summed E-state index contributed by atoms with van der Waals surface area (Å²) in [7, 11) is 0. The topological polar surface area (TPSA) is 26.3 Å². The average molecular weight is 230 g/mol.